The average Bonchev–Trinajstić information content (AvgIpc) is 3.64. The highest BCUT2D eigenvalue weighted by atomic mass is 16.2. The second kappa shape index (κ2) is 8.37. The van der Waals surface area contributed by atoms with Gasteiger partial charge in [0.1, 0.15) is 11.9 Å². The molecule has 1 aromatic heterocycles. The van der Waals surface area contributed by atoms with Gasteiger partial charge in [0.15, 0.2) is 0 Å². The molecule has 2 fully saturated rings. The van der Waals surface area contributed by atoms with Crippen LogP contribution in [-0.2, 0) is 9.59 Å². The number of rotatable bonds is 6. The maximum Gasteiger partial charge on any atom is 0.286 e. The summed E-state index contributed by atoms with van der Waals surface area (Å²) in [4.78, 5) is 32.1. The Balaban J connectivity index is 1.30. The van der Waals surface area contributed by atoms with Gasteiger partial charge in [-0.15, -0.1) is 0 Å². The lowest BCUT2D eigenvalue weighted by Gasteiger charge is -2.37. The lowest BCUT2D eigenvalue weighted by molar-refractivity contribution is -0.139. The van der Waals surface area contributed by atoms with E-state index in [0.717, 1.165) is 47.8 Å². The number of piperidine rings is 1. The van der Waals surface area contributed by atoms with Crippen LogP contribution < -0.4 is 5.73 Å². The van der Waals surface area contributed by atoms with Crippen LogP contribution in [0.4, 0.5) is 0 Å². The Morgan fingerprint density at radius 3 is 2.32 bits per heavy atom. The molecule has 6 nitrogen and oxygen atoms in total. The molecule has 0 spiro atoms. The van der Waals surface area contributed by atoms with Gasteiger partial charge in [-0.3, -0.25) is 14.5 Å². The second-order valence-corrected chi connectivity index (χ2v) is 9.61. The number of ketones is 1. The number of carbonyl (C=O) groups excluding carboxylic acids is 2. The molecule has 1 saturated heterocycles. The van der Waals surface area contributed by atoms with Crippen molar-refractivity contribution in [3.63, 3.8) is 0 Å². The number of Topliss-reactive ketones (excluding diaryl/α,β-unsaturated/α-hetero) is 1. The quantitative estimate of drug-likeness (QED) is 0.437. The standard InChI is InChI=1S/C28H28N4O2/c29-27(34)26(33)25(21-12-9-18-5-1-2-6-20(18)17-21)31-15-13-22(14-16-31)32-24-8-4-3-7-23(24)30-28(32)19-10-11-19/h1-9,12,17,19,22,25H,10-11,13-16H2,(H2,29,34). The molecule has 1 atom stereocenters. The van der Waals surface area contributed by atoms with Gasteiger partial charge in [0.05, 0.1) is 11.0 Å². The lowest BCUT2D eigenvalue weighted by Crippen LogP contribution is -2.44. The van der Waals surface area contributed by atoms with E-state index in [1.807, 2.05) is 48.5 Å². The van der Waals surface area contributed by atoms with E-state index in [2.05, 4.69) is 27.7 Å². The van der Waals surface area contributed by atoms with Gasteiger partial charge in [-0.1, -0.05) is 48.5 Å². The zero-order valence-corrected chi connectivity index (χ0v) is 19.1. The molecule has 1 unspecified atom stereocenters. The summed E-state index contributed by atoms with van der Waals surface area (Å²) in [5.41, 5.74) is 8.58. The fraction of sp³-hybridized carbons (Fsp3) is 0.321. The van der Waals surface area contributed by atoms with Gasteiger partial charge >= 0.3 is 0 Å². The number of benzene rings is 3. The number of imidazole rings is 1. The molecular formula is C28H28N4O2. The first-order valence-electron chi connectivity index (χ1n) is 12.1. The highest BCUT2D eigenvalue weighted by Gasteiger charge is 2.36. The summed E-state index contributed by atoms with van der Waals surface area (Å²) < 4.78 is 2.45. The first-order valence-corrected chi connectivity index (χ1v) is 12.1. The van der Waals surface area contributed by atoms with Gasteiger partial charge in [0, 0.05) is 25.0 Å². The molecule has 172 valence electrons. The van der Waals surface area contributed by atoms with Crippen molar-refractivity contribution in [3.05, 3.63) is 78.1 Å². The Morgan fingerprint density at radius 1 is 0.882 bits per heavy atom. The zero-order valence-electron chi connectivity index (χ0n) is 19.1. The zero-order chi connectivity index (χ0) is 23.2. The van der Waals surface area contributed by atoms with Crippen LogP contribution in [0, 0.1) is 0 Å². The summed E-state index contributed by atoms with van der Waals surface area (Å²) in [6.45, 7) is 1.44. The van der Waals surface area contributed by atoms with Gasteiger partial charge in [-0.05, 0) is 60.2 Å². The molecule has 1 aliphatic heterocycles. The molecule has 0 bridgehead atoms. The Bertz CT molecular complexity index is 1400. The minimum atomic E-state index is -0.878. The van der Waals surface area contributed by atoms with Crippen molar-refractivity contribution < 1.29 is 9.59 Å². The summed E-state index contributed by atoms with van der Waals surface area (Å²) in [6, 6.07) is 22.1. The molecule has 34 heavy (non-hydrogen) atoms. The highest BCUT2D eigenvalue weighted by molar-refractivity contribution is 6.37. The molecule has 3 aromatic carbocycles. The van der Waals surface area contributed by atoms with Gasteiger partial charge in [-0.25, -0.2) is 4.98 Å². The average molecular weight is 453 g/mol. The monoisotopic (exact) mass is 452 g/mol. The summed E-state index contributed by atoms with van der Waals surface area (Å²) in [5, 5.41) is 2.16. The van der Waals surface area contributed by atoms with Gasteiger partial charge in [0.2, 0.25) is 5.78 Å². The van der Waals surface area contributed by atoms with Crippen molar-refractivity contribution in [1.82, 2.24) is 14.5 Å². The molecule has 2 aliphatic rings. The number of nitrogens with zero attached hydrogens (tertiary/aromatic N) is 3. The number of hydrogen-bond donors (Lipinski definition) is 1. The SMILES string of the molecule is NC(=O)C(=O)C(c1ccc2ccccc2c1)N1CCC(n2c(C3CC3)nc3ccccc32)CC1. The van der Waals surface area contributed by atoms with Crippen molar-refractivity contribution >= 4 is 33.5 Å². The van der Waals surface area contributed by atoms with Crippen molar-refractivity contribution in [2.45, 2.75) is 43.7 Å². The fourth-order valence-corrected chi connectivity index (χ4v) is 5.52. The molecule has 1 amide bonds. The van der Waals surface area contributed by atoms with Crippen LogP contribution in [0.1, 0.15) is 55.1 Å². The number of para-hydroxylation sites is 2. The third kappa shape index (κ3) is 3.68. The Morgan fingerprint density at radius 2 is 1.59 bits per heavy atom. The number of aromatic nitrogens is 2. The van der Waals surface area contributed by atoms with Crippen LogP contribution in [0.15, 0.2) is 66.7 Å². The van der Waals surface area contributed by atoms with Crippen LogP contribution in [0.3, 0.4) is 0 Å². The van der Waals surface area contributed by atoms with E-state index < -0.39 is 17.7 Å². The molecule has 6 rings (SSSR count). The first-order chi connectivity index (χ1) is 16.6. The molecule has 0 radical (unpaired) electrons. The van der Waals surface area contributed by atoms with E-state index in [-0.39, 0.29) is 0 Å². The van der Waals surface area contributed by atoms with Gasteiger partial charge in [0.25, 0.3) is 5.91 Å². The Labute approximate surface area is 198 Å². The smallest absolute Gasteiger partial charge is 0.286 e. The van der Waals surface area contributed by atoms with Crippen LogP contribution in [0.25, 0.3) is 21.8 Å². The number of nitrogens with two attached hydrogens (primary N) is 1. The fourth-order valence-electron chi connectivity index (χ4n) is 5.52. The second-order valence-electron chi connectivity index (χ2n) is 9.61. The van der Waals surface area contributed by atoms with E-state index in [1.54, 1.807) is 0 Å². The summed E-state index contributed by atoms with van der Waals surface area (Å²) in [7, 11) is 0. The Kier molecular flexibility index (Phi) is 5.18. The summed E-state index contributed by atoms with van der Waals surface area (Å²) >= 11 is 0. The van der Waals surface area contributed by atoms with Crippen molar-refractivity contribution in [1.29, 1.82) is 0 Å². The Hall–Kier alpha value is -3.51. The number of primary amides is 1. The lowest BCUT2D eigenvalue weighted by atomic mass is 9.94. The number of hydrogen-bond acceptors (Lipinski definition) is 4. The summed E-state index contributed by atoms with van der Waals surface area (Å²) in [5.74, 6) is 0.351. The van der Waals surface area contributed by atoms with Crippen LogP contribution in [0.5, 0.6) is 0 Å². The number of fused-ring (bicyclic) bond motifs is 2. The number of amides is 1. The maximum absolute atomic E-state index is 13.0. The predicted octanol–water partition coefficient (Wildman–Crippen LogP) is 4.50. The third-order valence-corrected chi connectivity index (χ3v) is 7.38. The number of carbonyl (C=O) groups is 2. The molecular weight excluding hydrogens is 424 g/mol. The minimum Gasteiger partial charge on any atom is -0.363 e. The van der Waals surface area contributed by atoms with E-state index >= 15 is 0 Å². The minimum absolute atomic E-state index is 0.334. The van der Waals surface area contributed by atoms with Crippen LogP contribution >= 0.6 is 0 Å². The molecule has 4 aromatic rings. The van der Waals surface area contributed by atoms with Crippen molar-refractivity contribution in [2.75, 3.05) is 13.1 Å². The van der Waals surface area contributed by atoms with Gasteiger partial charge in [-0.2, -0.15) is 0 Å². The molecule has 1 saturated carbocycles. The predicted molar refractivity (Wildman–Crippen MR) is 132 cm³/mol. The van der Waals surface area contributed by atoms with E-state index in [1.165, 1.54) is 24.2 Å². The van der Waals surface area contributed by atoms with Gasteiger partial charge < -0.3 is 10.3 Å². The molecule has 6 heteroatoms. The van der Waals surface area contributed by atoms with Crippen LogP contribution in [-0.4, -0.2) is 39.2 Å². The normalized spacial score (nSPS) is 18.4. The first kappa shape index (κ1) is 21.1. The third-order valence-electron chi connectivity index (χ3n) is 7.38. The van der Waals surface area contributed by atoms with E-state index in [0.29, 0.717) is 12.0 Å². The molecule has 2 heterocycles. The highest BCUT2D eigenvalue weighted by Crippen LogP contribution is 2.43. The van der Waals surface area contributed by atoms with Crippen molar-refractivity contribution in [2.24, 2.45) is 5.73 Å². The van der Waals surface area contributed by atoms with Crippen LogP contribution in [0.2, 0.25) is 0 Å². The van der Waals surface area contributed by atoms with E-state index in [4.69, 9.17) is 10.7 Å². The number of likely N-dealkylation sites (tertiary alicyclic amines) is 1. The maximum atomic E-state index is 13.0. The topological polar surface area (TPSA) is 81.2 Å². The molecule has 2 N–H and O–H groups in total. The summed E-state index contributed by atoms with van der Waals surface area (Å²) in [6.07, 6.45) is 4.21. The molecule has 1 aliphatic carbocycles. The largest absolute Gasteiger partial charge is 0.363 e. The van der Waals surface area contributed by atoms with Crippen molar-refractivity contribution in [3.8, 4) is 0 Å². The van der Waals surface area contributed by atoms with E-state index in [9.17, 15) is 9.59 Å².